The van der Waals surface area contributed by atoms with Gasteiger partial charge in [-0.3, -0.25) is 19.7 Å². The van der Waals surface area contributed by atoms with E-state index in [1.807, 2.05) is 0 Å². The number of amides is 1. The summed E-state index contributed by atoms with van der Waals surface area (Å²) in [5, 5.41) is 11.9. The van der Waals surface area contributed by atoms with E-state index in [-0.39, 0.29) is 34.5 Å². The Morgan fingerprint density at radius 1 is 1.06 bits per heavy atom. The second kappa shape index (κ2) is 7.83. The van der Waals surface area contributed by atoms with E-state index in [4.69, 9.17) is 16.0 Å². The summed E-state index contributed by atoms with van der Waals surface area (Å²) in [5.74, 6) is -1.10. The number of hydrogen-bond donors (Lipinski definition) is 0. The van der Waals surface area contributed by atoms with E-state index < -0.39 is 28.1 Å². The van der Waals surface area contributed by atoms with Crippen LogP contribution in [0.15, 0.2) is 75.9 Å². The van der Waals surface area contributed by atoms with Crippen LogP contribution in [0.2, 0.25) is 5.02 Å². The maximum atomic E-state index is 13.5. The van der Waals surface area contributed by atoms with Crippen molar-refractivity contribution in [2.75, 3.05) is 0 Å². The molecule has 1 aromatic heterocycles. The van der Waals surface area contributed by atoms with Crippen LogP contribution < -0.4 is 5.43 Å². The van der Waals surface area contributed by atoms with E-state index in [2.05, 4.69) is 0 Å². The Balaban J connectivity index is 1.73. The Morgan fingerprint density at radius 3 is 2.55 bits per heavy atom. The Labute approximate surface area is 190 Å². The van der Waals surface area contributed by atoms with Crippen LogP contribution in [-0.4, -0.2) is 15.7 Å². The number of halogens is 2. The van der Waals surface area contributed by atoms with E-state index in [9.17, 15) is 24.1 Å². The first-order valence-corrected chi connectivity index (χ1v) is 10.3. The molecule has 0 saturated carbocycles. The lowest BCUT2D eigenvalue weighted by Crippen LogP contribution is -2.29. The highest BCUT2D eigenvalue weighted by atomic mass is 35.5. The van der Waals surface area contributed by atoms with Crippen molar-refractivity contribution >= 4 is 34.2 Å². The monoisotopic (exact) mass is 464 g/mol. The van der Waals surface area contributed by atoms with Crippen LogP contribution in [0.4, 0.5) is 10.1 Å². The van der Waals surface area contributed by atoms with Crippen molar-refractivity contribution in [1.82, 2.24) is 4.90 Å². The number of hydrogen-bond acceptors (Lipinski definition) is 5. The van der Waals surface area contributed by atoms with Gasteiger partial charge >= 0.3 is 0 Å². The lowest BCUT2D eigenvalue weighted by atomic mass is 9.98. The second-order valence-corrected chi connectivity index (χ2v) is 8.07. The summed E-state index contributed by atoms with van der Waals surface area (Å²) in [6.45, 7) is 0.0349. The van der Waals surface area contributed by atoms with Crippen molar-refractivity contribution in [3.63, 3.8) is 0 Å². The highest BCUT2D eigenvalue weighted by Gasteiger charge is 2.43. The zero-order valence-electron chi connectivity index (χ0n) is 16.8. The van der Waals surface area contributed by atoms with Gasteiger partial charge in [-0.25, -0.2) is 4.39 Å². The second-order valence-electron chi connectivity index (χ2n) is 7.63. The van der Waals surface area contributed by atoms with Gasteiger partial charge in [0.2, 0.25) is 5.76 Å². The summed E-state index contributed by atoms with van der Waals surface area (Å²) >= 11 is 6.06. The molecule has 1 unspecified atom stereocenters. The smallest absolute Gasteiger partial charge is 0.291 e. The number of nitrogens with zero attached hydrogens (tertiary/aromatic N) is 2. The molecule has 7 nitrogen and oxygen atoms in total. The number of carbonyl (C=O) groups is 1. The van der Waals surface area contributed by atoms with E-state index in [1.54, 1.807) is 12.1 Å². The molecule has 2 heterocycles. The molecule has 0 radical (unpaired) electrons. The molecule has 1 aliphatic rings. The molecule has 0 aliphatic carbocycles. The minimum atomic E-state index is -0.933. The van der Waals surface area contributed by atoms with Crippen molar-refractivity contribution < 1.29 is 18.5 Å². The average molecular weight is 465 g/mol. The molecule has 0 spiro atoms. The van der Waals surface area contributed by atoms with E-state index >= 15 is 0 Å². The van der Waals surface area contributed by atoms with Crippen molar-refractivity contribution in [1.29, 1.82) is 0 Å². The average Bonchev–Trinajstić information content (AvgIpc) is 3.08. The number of rotatable bonds is 4. The fraction of sp³-hybridized carbons (Fsp3) is 0.0833. The van der Waals surface area contributed by atoms with Gasteiger partial charge in [-0.2, -0.15) is 0 Å². The fourth-order valence-electron chi connectivity index (χ4n) is 4.10. The van der Waals surface area contributed by atoms with E-state index in [0.29, 0.717) is 16.1 Å². The van der Waals surface area contributed by atoms with Crippen LogP contribution >= 0.6 is 11.6 Å². The van der Waals surface area contributed by atoms with Crippen molar-refractivity contribution in [3.05, 3.63) is 120 Å². The molecule has 4 aromatic rings. The molecule has 1 amide bonds. The molecule has 1 atom stereocenters. The predicted molar refractivity (Wildman–Crippen MR) is 119 cm³/mol. The van der Waals surface area contributed by atoms with Crippen LogP contribution in [0.3, 0.4) is 0 Å². The zero-order chi connectivity index (χ0) is 23.3. The third-order valence-corrected chi connectivity index (χ3v) is 5.83. The van der Waals surface area contributed by atoms with Gasteiger partial charge in [0, 0.05) is 23.7 Å². The van der Waals surface area contributed by atoms with Gasteiger partial charge in [0.1, 0.15) is 11.4 Å². The number of nitro benzene ring substituents is 1. The standard InChI is InChI=1S/C24H14ClFN2O5/c25-15-6-9-19-18(11-15)22(29)20-21(14-2-1-3-17(10-14)28(31)32)27(24(30)23(20)33-19)12-13-4-7-16(26)8-5-13/h1-11,21H,12H2. The highest BCUT2D eigenvalue weighted by molar-refractivity contribution is 6.31. The lowest BCUT2D eigenvalue weighted by molar-refractivity contribution is -0.384. The SMILES string of the molecule is O=C1c2oc3ccc(Cl)cc3c(=O)c2C(c2cccc([N+](=O)[O-])c2)N1Cc1ccc(F)cc1. The normalized spacial score (nSPS) is 15.2. The molecular weight excluding hydrogens is 451 g/mol. The molecule has 164 valence electrons. The van der Waals surface area contributed by atoms with E-state index in [0.717, 1.165) is 0 Å². The number of fused-ring (bicyclic) bond motifs is 2. The third-order valence-electron chi connectivity index (χ3n) is 5.59. The maximum Gasteiger partial charge on any atom is 0.291 e. The number of nitro groups is 1. The summed E-state index contributed by atoms with van der Waals surface area (Å²) in [4.78, 5) is 39.1. The summed E-state index contributed by atoms with van der Waals surface area (Å²) in [5.41, 5.74) is 0.666. The summed E-state index contributed by atoms with van der Waals surface area (Å²) in [6, 6.07) is 14.9. The zero-order valence-corrected chi connectivity index (χ0v) is 17.6. The van der Waals surface area contributed by atoms with Crippen LogP contribution in [0, 0.1) is 15.9 Å². The topological polar surface area (TPSA) is 93.7 Å². The number of carbonyl (C=O) groups excluding carboxylic acids is 1. The van der Waals surface area contributed by atoms with Crippen molar-refractivity contribution in [3.8, 4) is 0 Å². The van der Waals surface area contributed by atoms with Crippen LogP contribution in [-0.2, 0) is 6.54 Å². The fourth-order valence-corrected chi connectivity index (χ4v) is 4.27. The first-order valence-electron chi connectivity index (χ1n) is 9.89. The van der Waals surface area contributed by atoms with Gasteiger partial charge in [-0.1, -0.05) is 35.9 Å². The summed E-state index contributed by atoms with van der Waals surface area (Å²) in [6.07, 6.45) is 0. The molecule has 0 saturated heterocycles. The molecule has 9 heteroatoms. The van der Waals surface area contributed by atoms with Gasteiger partial charge < -0.3 is 9.32 Å². The van der Waals surface area contributed by atoms with Crippen LogP contribution in [0.1, 0.15) is 33.3 Å². The molecule has 0 bridgehead atoms. The van der Waals surface area contributed by atoms with Gasteiger partial charge in [0.15, 0.2) is 5.43 Å². The number of non-ortho nitro benzene ring substituents is 1. The maximum absolute atomic E-state index is 13.5. The van der Waals surface area contributed by atoms with Gasteiger partial charge in [-0.15, -0.1) is 0 Å². The Bertz CT molecular complexity index is 1500. The summed E-state index contributed by atoms with van der Waals surface area (Å²) < 4.78 is 19.2. The molecule has 1 aliphatic heterocycles. The molecule has 0 N–H and O–H groups in total. The van der Waals surface area contributed by atoms with E-state index in [1.165, 1.54) is 59.5 Å². The molecule has 5 rings (SSSR count). The first-order chi connectivity index (χ1) is 15.8. The Kier molecular flexibility index (Phi) is 4.94. The number of benzene rings is 3. The Hall–Kier alpha value is -4.04. The highest BCUT2D eigenvalue weighted by Crippen LogP contribution is 2.40. The molecule has 3 aromatic carbocycles. The minimum absolute atomic E-state index is 0.0349. The quantitative estimate of drug-likeness (QED) is 0.304. The van der Waals surface area contributed by atoms with Crippen LogP contribution in [0.5, 0.6) is 0 Å². The Morgan fingerprint density at radius 2 is 1.82 bits per heavy atom. The van der Waals surface area contributed by atoms with Gasteiger partial charge in [0.05, 0.1) is 21.9 Å². The van der Waals surface area contributed by atoms with Crippen LogP contribution in [0.25, 0.3) is 11.0 Å². The lowest BCUT2D eigenvalue weighted by Gasteiger charge is -2.25. The minimum Gasteiger partial charge on any atom is -0.450 e. The summed E-state index contributed by atoms with van der Waals surface area (Å²) in [7, 11) is 0. The predicted octanol–water partition coefficient (Wildman–Crippen LogP) is 5.24. The molecular formula is C24H14ClFN2O5. The third kappa shape index (κ3) is 3.54. The first kappa shape index (κ1) is 20.8. The van der Waals surface area contributed by atoms with Crippen molar-refractivity contribution in [2.45, 2.75) is 12.6 Å². The van der Waals surface area contributed by atoms with Gasteiger partial charge in [-0.05, 0) is 41.5 Å². The molecule has 33 heavy (non-hydrogen) atoms. The largest absolute Gasteiger partial charge is 0.450 e. The van der Waals surface area contributed by atoms with Gasteiger partial charge in [0.25, 0.3) is 11.6 Å². The molecule has 0 fully saturated rings. The van der Waals surface area contributed by atoms with Crippen molar-refractivity contribution in [2.24, 2.45) is 0 Å².